The number of aliphatic imine (C=N–C) groups is 1. The normalized spacial score (nSPS) is 25.6. The Morgan fingerprint density at radius 3 is 2.59 bits per heavy atom. The van der Waals surface area contributed by atoms with E-state index in [9.17, 15) is 4.79 Å². The highest BCUT2D eigenvalue weighted by molar-refractivity contribution is 6.03. The van der Waals surface area contributed by atoms with Gasteiger partial charge in [0.15, 0.2) is 5.69 Å². The summed E-state index contributed by atoms with van der Waals surface area (Å²) in [6.07, 6.45) is 0. The summed E-state index contributed by atoms with van der Waals surface area (Å²) in [5.41, 5.74) is 5.83. The van der Waals surface area contributed by atoms with Gasteiger partial charge in [-0.1, -0.05) is 5.16 Å². The number of nitrogens with two attached hydrogens (primary N) is 1. The quantitative estimate of drug-likeness (QED) is 0.793. The minimum Gasteiger partial charge on any atom is -0.487 e. The summed E-state index contributed by atoms with van der Waals surface area (Å²) in [6, 6.07) is 7.20. The maximum absolute atomic E-state index is 12.5. The van der Waals surface area contributed by atoms with Gasteiger partial charge in [0.25, 0.3) is 11.9 Å². The van der Waals surface area contributed by atoms with Crippen molar-refractivity contribution in [3.63, 3.8) is 0 Å². The molecule has 3 N–H and O–H groups in total. The van der Waals surface area contributed by atoms with E-state index in [0.717, 1.165) is 5.56 Å². The van der Waals surface area contributed by atoms with Crippen LogP contribution in [0.25, 0.3) is 0 Å². The second-order valence-electron chi connectivity index (χ2n) is 8.27. The minimum atomic E-state index is -0.752. The molecule has 152 valence electrons. The van der Waals surface area contributed by atoms with Crippen molar-refractivity contribution in [3.8, 4) is 5.75 Å². The van der Waals surface area contributed by atoms with Crippen LogP contribution in [0.5, 0.6) is 5.75 Å². The standard InChI is InChI=1S/C20H22N4O5/c1-11-6-14(24-29-11)16(25)22-12-4-5-15-13(7-12)20(10-27-17(21)23-20)19(8-26-9-19)18(2,3)28-15/h4-7H,8-10H2,1-3H3,(H2,21,23)(H,22,25). The number of rotatable bonds is 2. The number of amides is 1. The number of amidine groups is 1. The zero-order chi connectivity index (χ0) is 20.4. The molecule has 0 saturated carbocycles. The molecule has 1 fully saturated rings. The first-order valence-electron chi connectivity index (χ1n) is 9.40. The molecule has 2 spiro atoms. The van der Waals surface area contributed by atoms with Gasteiger partial charge < -0.3 is 29.8 Å². The van der Waals surface area contributed by atoms with Crippen molar-refractivity contribution < 1.29 is 23.5 Å². The fraction of sp³-hybridized carbons (Fsp3) is 0.450. The van der Waals surface area contributed by atoms with Gasteiger partial charge in [-0.15, -0.1) is 0 Å². The van der Waals surface area contributed by atoms with Gasteiger partial charge in [0.1, 0.15) is 29.3 Å². The molecular weight excluding hydrogens is 376 g/mol. The zero-order valence-corrected chi connectivity index (χ0v) is 16.4. The molecule has 0 bridgehead atoms. The van der Waals surface area contributed by atoms with Crippen molar-refractivity contribution in [1.29, 1.82) is 0 Å². The molecule has 29 heavy (non-hydrogen) atoms. The van der Waals surface area contributed by atoms with Crippen LogP contribution in [0.3, 0.4) is 0 Å². The summed E-state index contributed by atoms with van der Waals surface area (Å²) in [5.74, 6) is 0.889. The van der Waals surface area contributed by atoms with Gasteiger partial charge in [0.2, 0.25) is 0 Å². The van der Waals surface area contributed by atoms with Crippen molar-refractivity contribution in [2.75, 3.05) is 25.1 Å². The maximum atomic E-state index is 12.5. The van der Waals surface area contributed by atoms with E-state index in [0.29, 0.717) is 37.0 Å². The first-order valence-corrected chi connectivity index (χ1v) is 9.40. The van der Waals surface area contributed by atoms with Gasteiger partial charge in [0, 0.05) is 17.3 Å². The Morgan fingerprint density at radius 1 is 1.21 bits per heavy atom. The fourth-order valence-electron chi connectivity index (χ4n) is 4.52. The summed E-state index contributed by atoms with van der Waals surface area (Å²) < 4.78 is 22.6. The van der Waals surface area contributed by atoms with E-state index >= 15 is 0 Å². The summed E-state index contributed by atoms with van der Waals surface area (Å²) >= 11 is 0. The lowest BCUT2D eigenvalue weighted by Crippen LogP contribution is -2.71. The molecule has 9 nitrogen and oxygen atoms in total. The van der Waals surface area contributed by atoms with Crippen LogP contribution in [0.15, 0.2) is 33.8 Å². The third kappa shape index (κ3) is 2.33. The third-order valence-electron chi connectivity index (χ3n) is 6.28. The third-order valence-corrected chi connectivity index (χ3v) is 6.28. The lowest BCUT2D eigenvalue weighted by molar-refractivity contribution is -0.247. The van der Waals surface area contributed by atoms with Crippen molar-refractivity contribution in [2.24, 2.45) is 16.1 Å². The summed E-state index contributed by atoms with van der Waals surface area (Å²) in [6.45, 7) is 7.05. The number of fused-ring (bicyclic) bond motifs is 3. The van der Waals surface area contributed by atoms with Crippen LogP contribution in [-0.4, -0.2) is 42.5 Å². The molecule has 1 unspecified atom stereocenters. The van der Waals surface area contributed by atoms with Crippen molar-refractivity contribution in [1.82, 2.24) is 5.16 Å². The first kappa shape index (κ1) is 18.0. The maximum Gasteiger partial charge on any atom is 0.283 e. The van der Waals surface area contributed by atoms with Gasteiger partial charge >= 0.3 is 0 Å². The second-order valence-corrected chi connectivity index (χ2v) is 8.27. The highest BCUT2D eigenvalue weighted by atomic mass is 16.5. The predicted octanol–water partition coefficient (Wildman–Crippen LogP) is 1.96. The topological polar surface area (TPSA) is 121 Å². The van der Waals surface area contributed by atoms with E-state index in [4.69, 9.17) is 29.5 Å². The molecule has 0 radical (unpaired) electrons. The number of benzene rings is 1. The van der Waals surface area contributed by atoms with Crippen LogP contribution in [0, 0.1) is 12.3 Å². The molecule has 5 rings (SSSR count). The van der Waals surface area contributed by atoms with Gasteiger partial charge in [-0.2, -0.15) is 0 Å². The predicted molar refractivity (Wildman–Crippen MR) is 103 cm³/mol. The molecule has 1 aromatic heterocycles. The number of hydrogen-bond donors (Lipinski definition) is 2. The van der Waals surface area contributed by atoms with Crippen molar-refractivity contribution >= 4 is 17.6 Å². The van der Waals surface area contributed by atoms with Crippen LogP contribution >= 0.6 is 0 Å². The Bertz CT molecular complexity index is 1040. The number of aromatic nitrogens is 1. The highest BCUT2D eigenvalue weighted by Gasteiger charge is 2.71. The van der Waals surface area contributed by atoms with E-state index in [1.165, 1.54) is 0 Å². The Hall–Kier alpha value is -3.07. The number of carbonyl (C=O) groups is 1. The smallest absolute Gasteiger partial charge is 0.283 e. The molecule has 1 aromatic carbocycles. The summed E-state index contributed by atoms with van der Waals surface area (Å²) in [5, 5.41) is 6.61. The number of nitrogens with one attached hydrogen (secondary N) is 1. The lowest BCUT2D eigenvalue weighted by Gasteiger charge is -2.61. The lowest BCUT2D eigenvalue weighted by atomic mass is 9.55. The molecule has 9 heteroatoms. The van der Waals surface area contributed by atoms with Crippen LogP contribution in [0.2, 0.25) is 0 Å². The Morgan fingerprint density at radius 2 is 2.00 bits per heavy atom. The monoisotopic (exact) mass is 398 g/mol. The Labute approximate surface area is 167 Å². The molecular formula is C20H22N4O5. The summed E-state index contributed by atoms with van der Waals surface area (Å²) in [4.78, 5) is 17.2. The summed E-state index contributed by atoms with van der Waals surface area (Å²) in [7, 11) is 0. The van der Waals surface area contributed by atoms with E-state index in [2.05, 4.69) is 10.5 Å². The van der Waals surface area contributed by atoms with E-state index < -0.39 is 16.6 Å². The molecule has 1 amide bonds. The fourth-order valence-corrected chi connectivity index (χ4v) is 4.52. The number of anilines is 1. The average molecular weight is 398 g/mol. The van der Waals surface area contributed by atoms with Gasteiger partial charge in [0.05, 0.1) is 18.6 Å². The van der Waals surface area contributed by atoms with Crippen LogP contribution in [0.4, 0.5) is 5.69 Å². The Kier molecular flexibility index (Phi) is 3.55. The van der Waals surface area contributed by atoms with Gasteiger partial charge in [-0.3, -0.25) is 4.79 Å². The largest absolute Gasteiger partial charge is 0.487 e. The van der Waals surface area contributed by atoms with E-state index in [1.54, 1.807) is 19.1 Å². The van der Waals surface area contributed by atoms with Crippen molar-refractivity contribution in [3.05, 3.63) is 41.3 Å². The average Bonchev–Trinajstić information content (AvgIpc) is 3.21. The molecule has 3 aliphatic rings. The SMILES string of the molecule is Cc1cc(C(=O)Nc2ccc3c(c2)C2(COC(N)=N2)C2(COC2)C(C)(C)O3)no1. The van der Waals surface area contributed by atoms with Crippen LogP contribution < -0.4 is 15.8 Å². The zero-order valence-electron chi connectivity index (χ0n) is 16.4. The molecule has 3 aliphatic heterocycles. The number of ether oxygens (including phenoxy) is 3. The van der Waals surface area contributed by atoms with Gasteiger partial charge in [-0.05, 0) is 39.0 Å². The molecule has 1 atom stereocenters. The molecule has 4 heterocycles. The second kappa shape index (κ2) is 5.73. The van der Waals surface area contributed by atoms with Crippen LogP contribution in [-0.2, 0) is 15.0 Å². The molecule has 1 saturated heterocycles. The number of hydrogen-bond acceptors (Lipinski definition) is 8. The van der Waals surface area contributed by atoms with E-state index in [-0.39, 0.29) is 17.6 Å². The number of nitrogens with zero attached hydrogens (tertiary/aromatic N) is 2. The number of aryl methyl sites for hydroxylation is 1. The van der Waals surface area contributed by atoms with Gasteiger partial charge in [-0.25, -0.2) is 4.99 Å². The van der Waals surface area contributed by atoms with Crippen molar-refractivity contribution in [2.45, 2.75) is 31.9 Å². The van der Waals surface area contributed by atoms with E-state index in [1.807, 2.05) is 26.0 Å². The molecule has 2 aromatic rings. The molecule has 0 aliphatic carbocycles. The number of carbonyl (C=O) groups excluding carboxylic acids is 1. The Balaban J connectivity index is 1.58. The minimum absolute atomic E-state index is 0.146. The van der Waals surface area contributed by atoms with Crippen LogP contribution in [0.1, 0.15) is 35.7 Å². The highest BCUT2D eigenvalue weighted by Crippen LogP contribution is 2.62. The first-order chi connectivity index (χ1) is 13.8.